The number of benzene rings is 1. The van der Waals surface area contributed by atoms with Gasteiger partial charge in [-0.15, -0.1) is 5.10 Å². The monoisotopic (exact) mass is 387 g/mol. The molecule has 0 aliphatic rings. The van der Waals surface area contributed by atoms with Crippen LogP contribution < -0.4 is 5.32 Å². The third-order valence-corrected chi connectivity index (χ3v) is 4.06. The molecule has 8 nitrogen and oxygen atoms in total. The van der Waals surface area contributed by atoms with Gasteiger partial charge in [0, 0.05) is 23.6 Å². The summed E-state index contributed by atoms with van der Waals surface area (Å²) in [6, 6.07) is 9.08. The molecular weight excluding hydrogens is 377 g/mol. The molecule has 0 aliphatic heterocycles. The maximum atomic E-state index is 12.3. The molecule has 0 bridgehead atoms. The Bertz CT molecular complexity index is 1050. The fourth-order valence-corrected chi connectivity index (χ4v) is 2.66. The smallest absolute Gasteiger partial charge is 0.296 e. The maximum Gasteiger partial charge on any atom is 0.296 e. The average Bonchev–Trinajstić information content (AvgIpc) is 3.21. The highest BCUT2D eigenvalue weighted by atomic mass is 35.5. The molecule has 10 heteroatoms. The highest BCUT2D eigenvalue weighted by molar-refractivity contribution is 6.33. The van der Waals surface area contributed by atoms with Crippen molar-refractivity contribution < 1.29 is 4.79 Å². The fourth-order valence-electron chi connectivity index (χ4n) is 2.33. The number of rotatable bonds is 4. The van der Waals surface area contributed by atoms with Gasteiger partial charge in [-0.05, 0) is 23.8 Å². The molecule has 0 fully saturated rings. The SMILES string of the molecule is O=C(Nc1nn(Cc2ccc(Cl)cc2)cc1Cl)c1nc2ncccn2n1. The molecular formula is C16H11Cl2N7O. The first-order valence-corrected chi connectivity index (χ1v) is 8.30. The largest absolute Gasteiger partial charge is 0.301 e. The first-order valence-electron chi connectivity index (χ1n) is 7.54. The summed E-state index contributed by atoms with van der Waals surface area (Å²) < 4.78 is 3.04. The van der Waals surface area contributed by atoms with Crippen molar-refractivity contribution in [3.63, 3.8) is 0 Å². The Hall–Kier alpha value is -2.97. The van der Waals surface area contributed by atoms with Crippen LogP contribution in [0.5, 0.6) is 0 Å². The molecule has 0 saturated carbocycles. The number of halogens is 2. The van der Waals surface area contributed by atoms with Gasteiger partial charge in [0.2, 0.25) is 5.82 Å². The predicted octanol–water partition coefficient (Wildman–Crippen LogP) is 2.93. The topological polar surface area (TPSA) is 90.0 Å². The van der Waals surface area contributed by atoms with Crippen molar-refractivity contribution in [1.82, 2.24) is 29.4 Å². The number of nitrogens with one attached hydrogen (secondary N) is 1. The molecule has 0 aliphatic carbocycles. The second kappa shape index (κ2) is 6.74. The lowest BCUT2D eigenvalue weighted by molar-refractivity contribution is 0.101. The second-order valence-corrected chi connectivity index (χ2v) is 6.25. The highest BCUT2D eigenvalue weighted by Crippen LogP contribution is 2.21. The van der Waals surface area contributed by atoms with E-state index >= 15 is 0 Å². The number of hydrogen-bond acceptors (Lipinski definition) is 5. The van der Waals surface area contributed by atoms with Crippen molar-refractivity contribution in [2.24, 2.45) is 0 Å². The minimum Gasteiger partial charge on any atom is -0.301 e. The van der Waals surface area contributed by atoms with Crippen molar-refractivity contribution in [2.75, 3.05) is 5.32 Å². The van der Waals surface area contributed by atoms with Crippen LogP contribution in [-0.4, -0.2) is 35.3 Å². The highest BCUT2D eigenvalue weighted by Gasteiger charge is 2.17. The quantitative estimate of drug-likeness (QED) is 0.581. The first kappa shape index (κ1) is 16.5. The Labute approximate surface area is 157 Å². The van der Waals surface area contributed by atoms with Crippen molar-refractivity contribution >= 4 is 40.7 Å². The van der Waals surface area contributed by atoms with Crippen molar-refractivity contribution in [3.8, 4) is 0 Å². The van der Waals surface area contributed by atoms with Crippen LogP contribution in [0.1, 0.15) is 16.2 Å². The fraction of sp³-hybridized carbons (Fsp3) is 0.0625. The molecule has 1 amide bonds. The molecule has 3 aromatic heterocycles. The van der Waals surface area contributed by atoms with Crippen molar-refractivity contribution in [1.29, 1.82) is 0 Å². The molecule has 1 N–H and O–H groups in total. The standard InChI is InChI=1S/C16H11Cl2N7O/c17-11-4-2-10(3-5-11)8-24-9-12(18)13(22-24)20-15(26)14-21-16-19-6-1-7-25(16)23-14/h1-7,9H,8H2,(H,20,22,26). The van der Waals surface area contributed by atoms with E-state index in [-0.39, 0.29) is 11.6 Å². The molecule has 0 atom stereocenters. The number of carbonyl (C=O) groups is 1. The summed E-state index contributed by atoms with van der Waals surface area (Å²) in [7, 11) is 0. The van der Waals surface area contributed by atoms with Gasteiger partial charge in [0.15, 0.2) is 5.82 Å². The van der Waals surface area contributed by atoms with E-state index in [2.05, 4.69) is 25.5 Å². The van der Waals surface area contributed by atoms with Crippen LogP contribution in [0.25, 0.3) is 5.78 Å². The van der Waals surface area contributed by atoms with Crippen LogP contribution >= 0.6 is 23.2 Å². The summed E-state index contributed by atoms with van der Waals surface area (Å²) in [5.41, 5.74) is 1.000. The van der Waals surface area contributed by atoms with Crippen LogP contribution in [-0.2, 0) is 6.54 Å². The molecule has 4 rings (SSSR count). The van der Waals surface area contributed by atoms with E-state index in [0.717, 1.165) is 5.56 Å². The average molecular weight is 388 g/mol. The zero-order chi connectivity index (χ0) is 18.1. The number of aromatic nitrogens is 6. The van der Waals surface area contributed by atoms with Crippen LogP contribution in [0.2, 0.25) is 10.0 Å². The minimum atomic E-state index is -0.519. The van der Waals surface area contributed by atoms with Gasteiger partial charge in [-0.2, -0.15) is 10.1 Å². The minimum absolute atomic E-state index is 0.0213. The van der Waals surface area contributed by atoms with Crippen molar-refractivity contribution in [2.45, 2.75) is 6.54 Å². The maximum absolute atomic E-state index is 12.3. The van der Waals surface area contributed by atoms with Gasteiger partial charge < -0.3 is 5.32 Å². The summed E-state index contributed by atoms with van der Waals surface area (Å²) in [5, 5.41) is 11.9. The zero-order valence-electron chi connectivity index (χ0n) is 13.2. The van der Waals surface area contributed by atoms with Gasteiger partial charge in [-0.1, -0.05) is 35.3 Å². The van der Waals surface area contributed by atoms with E-state index in [1.165, 1.54) is 4.52 Å². The predicted molar refractivity (Wildman–Crippen MR) is 96.5 cm³/mol. The number of nitrogens with zero attached hydrogens (tertiary/aromatic N) is 6. The molecule has 26 heavy (non-hydrogen) atoms. The molecule has 0 radical (unpaired) electrons. The number of hydrogen-bond donors (Lipinski definition) is 1. The van der Waals surface area contributed by atoms with E-state index in [0.29, 0.717) is 22.4 Å². The lowest BCUT2D eigenvalue weighted by Gasteiger charge is -2.02. The molecule has 130 valence electrons. The van der Waals surface area contributed by atoms with E-state index < -0.39 is 5.91 Å². The van der Waals surface area contributed by atoms with Gasteiger partial charge in [-0.25, -0.2) is 9.50 Å². The summed E-state index contributed by atoms with van der Waals surface area (Å²) in [4.78, 5) is 20.4. The van der Waals surface area contributed by atoms with Gasteiger partial charge in [0.1, 0.15) is 5.02 Å². The Balaban J connectivity index is 1.51. The Morgan fingerprint density at radius 3 is 2.73 bits per heavy atom. The Kier molecular flexibility index (Phi) is 4.27. The third kappa shape index (κ3) is 3.37. The number of amides is 1. The summed E-state index contributed by atoms with van der Waals surface area (Å²) in [5.74, 6) is 0.0237. The Morgan fingerprint density at radius 2 is 1.96 bits per heavy atom. The zero-order valence-corrected chi connectivity index (χ0v) is 14.7. The van der Waals surface area contributed by atoms with Gasteiger partial charge in [0.05, 0.1) is 6.54 Å². The van der Waals surface area contributed by atoms with Crippen LogP contribution in [0.3, 0.4) is 0 Å². The molecule has 0 spiro atoms. The van der Waals surface area contributed by atoms with Crippen LogP contribution in [0.4, 0.5) is 5.82 Å². The van der Waals surface area contributed by atoms with E-state index in [1.54, 1.807) is 41.5 Å². The molecule has 1 aromatic carbocycles. The Morgan fingerprint density at radius 1 is 1.15 bits per heavy atom. The second-order valence-electron chi connectivity index (χ2n) is 5.40. The van der Waals surface area contributed by atoms with E-state index in [1.807, 2.05) is 12.1 Å². The summed E-state index contributed by atoms with van der Waals surface area (Å²) in [6.45, 7) is 0.489. The summed E-state index contributed by atoms with van der Waals surface area (Å²) in [6.07, 6.45) is 4.85. The number of carbonyl (C=O) groups excluding carboxylic acids is 1. The molecule has 3 heterocycles. The van der Waals surface area contributed by atoms with Crippen LogP contribution in [0, 0.1) is 0 Å². The normalized spacial score (nSPS) is 11.0. The first-order chi connectivity index (χ1) is 12.6. The molecule has 0 saturated heterocycles. The molecule has 0 unspecified atom stereocenters. The van der Waals surface area contributed by atoms with Crippen molar-refractivity contribution in [3.05, 3.63) is 70.4 Å². The van der Waals surface area contributed by atoms with Gasteiger partial charge >= 0.3 is 0 Å². The number of fused-ring (bicyclic) bond motifs is 1. The van der Waals surface area contributed by atoms with Gasteiger partial charge in [-0.3, -0.25) is 9.48 Å². The molecule has 4 aromatic rings. The van der Waals surface area contributed by atoms with Gasteiger partial charge in [0.25, 0.3) is 11.7 Å². The van der Waals surface area contributed by atoms with E-state index in [9.17, 15) is 4.79 Å². The lowest BCUT2D eigenvalue weighted by Crippen LogP contribution is -2.15. The third-order valence-electron chi connectivity index (χ3n) is 3.53. The summed E-state index contributed by atoms with van der Waals surface area (Å²) >= 11 is 12.0. The lowest BCUT2D eigenvalue weighted by atomic mass is 10.2. The van der Waals surface area contributed by atoms with E-state index in [4.69, 9.17) is 23.2 Å². The van der Waals surface area contributed by atoms with Crippen LogP contribution in [0.15, 0.2) is 48.9 Å². The number of anilines is 1.